The number of Topliss-reactive ketones (excluding diaryl/α,β-unsaturated/α-hetero) is 1. The van der Waals surface area contributed by atoms with Gasteiger partial charge in [-0.3, -0.25) is 9.52 Å². The van der Waals surface area contributed by atoms with Gasteiger partial charge < -0.3 is 4.98 Å². The molecule has 3 aromatic rings. The summed E-state index contributed by atoms with van der Waals surface area (Å²) in [5, 5.41) is 0.858. The summed E-state index contributed by atoms with van der Waals surface area (Å²) in [4.78, 5) is 19.7. The number of ketones is 1. The lowest BCUT2D eigenvalue weighted by atomic mass is 10.0. The number of pyridine rings is 1. The maximum absolute atomic E-state index is 14.6. The van der Waals surface area contributed by atoms with E-state index in [4.69, 9.17) is 0 Å². The molecule has 2 heterocycles. The van der Waals surface area contributed by atoms with Gasteiger partial charge in [-0.15, -0.1) is 0 Å². The second-order valence-electron chi connectivity index (χ2n) is 5.95. The second-order valence-corrected chi connectivity index (χ2v) is 7.79. The van der Waals surface area contributed by atoms with Gasteiger partial charge in [0, 0.05) is 24.2 Å². The SMILES string of the molecule is CCCS(=O)(=O)Nc1cccc(C(=O)Cc2cnc3[nH]ccc3c2)c1F. The number of aromatic amines is 1. The maximum atomic E-state index is 14.6. The largest absolute Gasteiger partial charge is 0.346 e. The van der Waals surface area contributed by atoms with Crippen molar-refractivity contribution in [3.05, 3.63) is 59.7 Å². The molecule has 0 radical (unpaired) electrons. The molecular formula is C18H18FN3O3S. The van der Waals surface area contributed by atoms with Crippen molar-refractivity contribution >= 4 is 32.5 Å². The monoisotopic (exact) mass is 375 g/mol. The standard InChI is InChI=1S/C18H18FN3O3S/c1-2-8-26(24,25)22-15-5-3-4-14(17(15)19)16(23)10-12-9-13-6-7-20-18(13)21-11-12/h3-7,9,11,22H,2,8,10H2,1H3,(H,20,21). The molecule has 8 heteroatoms. The van der Waals surface area contributed by atoms with Gasteiger partial charge >= 0.3 is 0 Å². The van der Waals surface area contributed by atoms with E-state index in [1.807, 2.05) is 12.1 Å². The normalized spacial score (nSPS) is 11.6. The fourth-order valence-electron chi connectivity index (χ4n) is 2.68. The van der Waals surface area contributed by atoms with Gasteiger partial charge in [-0.2, -0.15) is 0 Å². The molecule has 0 spiro atoms. The Morgan fingerprint density at radius 3 is 2.88 bits per heavy atom. The number of H-pyrrole nitrogens is 1. The summed E-state index contributed by atoms with van der Waals surface area (Å²) in [5.41, 5.74) is 0.984. The number of carbonyl (C=O) groups excluding carboxylic acids is 1. The van der Waals surface area contributed by atoms with Crippen molar-refractivity contribution in [2.24, 2.45) is 0 Å². The lowest BCUT2D eigenvalue weighted by Gasteiger charge is -2.10. The van der Waals surface area contributed by atoms with Gasteiger partial charge in [0.05, 0.1) is 17.0 Å². The van der Waals surface area contributed by atoms with Gasteiger partial charge in [0.25, 0.3) is 0 Å². The Morgan fingerprint density at radius 2 is 2.12 bits per heavy atom. The molecule has 0 saturated carbocycles. The molecule has 0 aliphatic carbocycles. The Kier molecular flexibility index (Phi) is 5.03. The number of hydrogen-bond acceptors (Lipinski definition) is 4. The lowest BCUT2D eigenvalue weighted by Crippen LogP contribution is -2.18. The Balaban J connectivity index is 1.84. The van der Waals surface area contributed by atoms with Gasteiger partial charge in [0.2, 0.25) is 10.0 Å². The van der Waals surface area contributed by atoms with Crippen molar-refractivity contribution in [2.75, 3.05) is 10.5 Å². The fourth-order valence-corrected chi connectivity index (χ4v) is 3.81. The van der Waals surface area contributed by atoms with Crippen LogP contribution in [-0.2, 0) is 16.4 Å². The van der Waals surface area contributed by atoms with E-state index < -0.39 is 21.6 Å². The zero-order valence-corrected chi connectivity index (χ0v) is 14.9. The van der Waals surface area contributed by atoms with Crippen LogP contribution in [0.1, 0.15) is 29.3 Å². The molecule has 3 rings (SSSR count). The van der Waals surface area contributed by atoms with Crippen LogP contribution in [0.15, 0.2) is 42.7 Å². The van der Waals surface area contributed by atoms with Crippen LogP contribution in [0.4, 0.5) is 10.1 Å². The average Bonchev–Trinajstić information content (AvgIpc) is 3.04. The number of benzene rings is 1. The van der Waals surface area contributed by atoms with E-state index in [9.17, 15) is 17.6 Å². The van der Waals surface area contributed by atoms with Crippen LogP contribution in [0, 0.1) is 5.82 Å². The summed E-state index contributed by atoms with van der Waals surface area (Å²) < 4.78 is 40.5. The smallest absolute Gasteiger partial charge is 0.232 e. The molecule has 0 saturated heterocycles. The van der Waals surface area contributed by atoms with Crippen LogP contribution >= 0.6 is 0 Å². The summed E-state index contributed by atoms with van der Waals surface area (Å²) in [6.45, 7) is 1.71. The van der Waals surface area contributed by atoms with Crippen molar-refractivity contribution in [1.29, 1.82) is 0 Å². The average molecular weight is 375 g/mol. The summed E-state index contributed by atoms with van der Waals surface area (Å²) in [5.74, 6) is -1.43. The number of fused-ring (bicyclic) bond motifs is 1. The first-order valence-corrected chi connectivity index (χ1v) is 9.79. The van der Waals surface area contributed by atoms with Crippen molar-refractivity contribution in [3.63, 3.8) is 0 Å². The highest BCUT2D eigenvalue weighted by Crippen LogP contribution is 2.21. The van der Waals surface area contributed by atoms with Crippen LogP contribution in [0.2, 0.25) is 0 Å². The number of carbonyl (C=O) groups is 1. The zero-order valence-electron chi connectivity index (χ0n) is 14.1. The van der Waals surface area contributed by atoms with Crippen LogP contribution < -0.4 is 4.72 Å². The Bertz CT molecular complexity index is 1060. The number of hydrogen-bond donors (Lipinski definition) is 2. The van der Waals surface area contributed by atoms with E-state index in [1.54, 1.807) is 19.3 Å². The zero-order chi connectivity index (χ0) is 18.7. The third-order valence-electron chi connectivity index (χ3n) is 3.86. The van der Waals surface area contributed by atoms with Gasteiger partial charge in [-0.05, 0) is 36.2 Å². The van der Waals surface area contributed by atoms with E-state index in [0.29, 0.717) is 17.6 Å². The Labute approximate surface area is 150 Å². The molecule has 1 aromatic carbocycles. The maximum Gasteiger partial charge on any atom is 0.232 e. The third kappa shape index (κ3) is 3.91. The Morgan fingerprint density at radius 1 is 1.31 bits per heavy atom. The molecule has 2 aromatic heterocycles. The molecule has 0 unspecified atom stereocenters. The van der Waals surface area contributed by atoms with E-state index in [-0.39, 0.29) is 23.4 Å². The second kappa shape index (κ2) is 7.25. The predicted octanol–water partition coefficient (Wildman–Crippen LogP) is 3.28. The number of sulfonamides is 1. The third-order valence-corrected chi connectivity index (χ3v) is 5.34. The molecule has 0 bridgehead atoms. The molecule has 0 fully saturated rings. The highest BCUT2D eigenvalue weighted by Gasteiger charge is 2.19. The highest BCUT2D eigenvalue weighted by molar-refractivity contribution is 7.92. The molecule has 0 aliphatic heterocycles. The quantitative estimate of drug-likeness (QED) is 0.620. The minimum atomic E-state index is -3.64. The summed E-state index contributed by atoms with van der Waals surface area (Å²) in [7, 11) is -3.64. The molecule has 26 heavy (non-hydrogen) atoms. The van der Waals surface area contributed by atoms with E-state index >= 15 is 0 Å². The topological polar surface area (TPSA) is 91.9 Å². The molecular weight excluding hydrogens is 357 g/mol. The van der Waals surface area contributed by atoms with Gasteiger partial charge in [0.1, 0.15) is 5.65 Å². The molecule has 136 valence electrons. The number of halogens is 1. The van der Waals surface area contributed by atoms with Crippen LogP contribution in [-0.4, -0.2) is 29.9 Å². The van der Waals surface area contributed by atoms with Crippen LogP contribution in [0.3, 0.4) is 0 Å². The first-order chi connectivity index (χ1) is 12.4. The van der Waals surface area contributed by atoms with Gasteiger partial charge in [-0.1, -0.05) is 13.0 Å². The van der Waals surface area contributed by atoms with Crippen molar-refractivity contribution in [3.8, 4) is 0 Å². The van der Waals surface area contributed by atoms with Crippen LogP contribution in [0.25, 0.3) is 11.0 Å². The Hall–Kier alpha value is -2.74. The van der Waals surface area contributed by atoms with Crippen molar-refractivity contribution in [1.82, 2.24) is 9.97 Å². The summed E-state index contributed by atoms with van der Waals surface area (Å²) in [6.07, 6.45) is 3.68. The first kappa shape index (κ1) is 18.1. The molecule has 0 atom stereocenters. The molecule has 0 amide bonds. The molecule has 6 nitrogen and oxygen atoms in total. The minimum Gasteiger partial charge on any atom is -0.346 e. The van der Waals surface area contributed by atoms with Gasteiger partial charge in [0.15, 0.2) is 11.6 Å². The fraction of sp³-hybridized carbons (Fsp3) is 0.222. The number of anilines is 1. The lowest BCUT2D eigenvalue weighted by molar-refractivity contribution is 0.0989. The molecule has 2 N–H and O–H groups in total. The van der Waals surface area contributed by atoms with E-state index in [2.05, 4.69) is 14.7 Å². The highest BCUT2D eigenvalue weighted by atomic mass is 32.2. The minimum absolute atomic E-state index is 0.0315. The number of nitrogens with one attached hydrogen (secondary N) is 2. The van der Waals surface area contributed by atoms with Crippen LogP contribution in [0.5, 0.6) is 0 Å². The first-order valence-electron chi connectivity index (χ1n) is 8.14. The van der Waals surface area contributed by atoms with E-state index in [1.165, 1.54) is 18.2 Å². The predicted molar refractivity (Wildman–Crippen MR) is 98.2 cm³/mol. The van der Waals surface area contributed by atoms with Crippen molar-refractivity contribution < 1.29 is 17.6 Å². The van der Waals surface area contributed by atoms with E-state index in [0.717, 1.165) is 5.39 Å². The summed E-state index contributed by atoms with van der Waals surface area (Å²) in [6, 6.07) is 7.74. The van der Waals surface area contributed by atoms with Gasteiger partial charge in [-0.25, -0.2) is 17.8 Å². The summed E-state index contributed by atoms with van der Waals surface area (Å²) >= 11 is 0. The van der Waals surface area contributed by atoms with Crippen molar-refractivity contribution in [2.45, 2.75) is 19.8 Å². The number of aromatic nitrogens is 2. The number of nitrogens with zero attached hydrogens (tertiary/aromatic N) is 1. The molecule has 0 aliphatic rings. The number of rotatable bonds is 7.